The van der Waals surface area contributed by atoms with E-state index in [0.29, 0.717) is 5.52 Å². The number of pyridine rings is 1. The monoisotopic (exact) mass is 350 g/mol. The molecule has 1 fully saturated rings. The Hall–Kier alpha value is -1.99. The van der Waals surface area contributed by atoms with Gasteiger partial charge < -0.3 is 15.0 Å². The molecule has 7 heteroatoms. The number of likely N-dealkylation sites (N-methyl/N-ethyl adjacent to an activating group) is 1. The van der Waals surface area contributed by atoms with Gasteiger partial charge in [0, 0.05) is 50.2 Å². The van der Waals surface area contributed by atoms with Crippen molar-refractivity contribution in [2.75, 3.05) is 45.1 Å². The highest BCUT2D eigenvalue weighted by atomic mass is 19.3. The predicted octanol–water partition coefficient (Wildman–Crippen LogP) is 2.88. The first-order valence-corrected chi connectivity index (χ1v) is 8.52. The van der Waals surface area contributed by atoms with Gasteiger partial charge in [0.2, 0.25) is 0 Å². The minimum absolute atomic E-state index is 0.123. The first-order chi connectivity index (χ1) is 12.0. The van der Waals surface area contributed by atoms with Crippen LogP contribution in [0.1, 0.15) is 6.92 Å². The number of piperazine rings is 1. The van der Waals surface area contributed by atoms with Gasteiger partial charge in [-0.25, -0.2) is 4.98 Å². The van der Waals surface area contributed by atoms with Gasteiger partial charge in [0.15, 0.2) is 0 Å². The molecule has 5 nitrogen and oxygen atoms in total. The highest BCUT2D eigenvalue weighted by Crippen LogP contribution is 2.22. The van der Waals surface area contributed by atoms with Crippen molar-refractivity contribution >= 4 is 16.7 Å². The highest BCUT2D eigenvalue weighted by Gasteiger charge is 2.16. The van der Waals surface area contributed by atoms with Gasteiger partial charge in [-0.15, -0.1) is 0 Å². The Morgan fingerprint density at radius 2 is 1.88 bits per heavy atom. The molecule has 1 saturated heterocycles. The summed E-state index contributed by atoms with van der Waals surface area (Å²) in [6.45, 7) is 4.57. The summed E-state index contributed by atoms with van der Waals surface area (Å²) < 4.78 is 29.2. The van der Waals surface area contributed by atoms with Crippen molar-refractivity contribution in [2.45, 2.75) is 19.6 Å². The van der Waals surface area contributed by atoms with E-state index in [1.165, 1.54) is 12.1 Å². The van der Waals surface area contributed by atoms with Crippen LogP contribution in [0, 0.1) is 0 Å². The molecule has 1 aliphatic heterocycles. The molecular formula is C18H24F2N4O. The fourth-order valence-corrected chi connectivity index (χ4v) is 3.07. The van der Waals surface area contributed by atoms with Gasteiger partial charge in [-0.1, -0.05) is 0 Å². The maximum Gasteiger partial charge on any atom is 0.387 e. The number of nitrogens with one attached hydrogen (secondary N) is 1. The number of hydrogen-bond donors (Lipinski definition) is 1. The molecule has 1 N–H and O–H groups in total. The number of anilines is 1. The average molecular weight is 350 g/mol. The van der Waals surface area contributed by atoms with Crippen LogP contribution in [0.4, 0.5) is 14.6 Å². The number of aromatic nitrogens is 1. The van der Waals surface area contributed by atoms with Gasteiger partial charge in [-0.05, 0) is 38.2 Å². The Labute approximate surface area is 146 Å². The van der Waals surface area contributed by atoms with Gasteiger partial charge in [-0.3, -0.25) is 4.90 Å². The summed E-state index contributed by atoms with van der Waals surface area (Å²) in [5, 5.41) is 4.29. The second kappa shape index (κ2) is 7.93. The Bertz CT molecular complexity index is 705. The molecule has 1 atom stereocenters. The summed E-state index contributed by atoms with van der Waals surface area (Å²) in [7, 11) is 2.14. The van der Waals surface area contributed by atoms with Crippen LogP contribution in [-0.4, -0.2) is 67.2 Å². The normalized spacial score (nSPS) is 17.8. The summed E-state index contributed by atoms with van der Waals surface area (Å²) >= 11 is 0. The van der Waals surface area contributed by atoms with Crippen molar-refractivity contribution < 1.29 is 13.5 Å². The number of ether oxygens (including phenoxy) is 1. The summed E-state index contributed by atoms with van der Waals surface area (Å²) in [6.07, 6.45) is 0. The van der Waals surface area contributed by atoms with Gasteiger partial charge in [-0.2, -0.15) is 8.78 Å². The van der Waals surface area contributed by atoms with Crippen LogP contribution in [-0.2, 0) is 0 Å². The lowest BCUT2D eigenvalue weighted by Crippen LogP contribution is -2.47. The molecule has 0 saturated carbocycles. The fraction of sp³-hybridized carbons (Fsp3) is 0.500. The van der Waals surface area contributed by atoms with E-state index in [1.807, 2.05) is 12.1 Å². The Balaban J connectivity index is 1.64. The number of halogens is 2. The maximum absolute atomic E-state index is 12.4. The van der Waals surface area contributed by atoms with E-state index in [9.17, 15) is 8.78 Å². The van der Waals surface area contributed by atoms with Crippen LogP contribution in [0.5, 0.6) is 5.75 Å². The molecule has 0 amide bonds. The van der Waals surface area contributed by atoms with Crippen molar-refractivity contribution in [3.8, 4) is 5.75 Å². The van der Waals surface area contributed by atoms with Crippen molar-refractivity contribution in [2.24, 2.45) is 0 Å². The molecule has 1 aromatic carbocycles. The Morgan fingerprint density at radius 3 is 2.60 bits per heavy atom. The zero-order chi connectivity index (χ0) is 17.8. The average Bonchev–Trinajstić information content (AvgIpc) is 2.56. The smallest absolute Gasteiger partial charge is 0.387 e. The van der Waals surface area contributed by atoms with Crippen LogP contribution in [0.25, 0.3) is 10.9 Å². The van der Waals surface area contributed by atoms with Crippen molar-refractivity contribution in [3.63, 3.8) is 0 Å². The number of nitrogens with zero attached hydrogens (tertiary/aromatic N) is 3. The first-order valence-electron chi connectivity index (χ1n) is 8.52. The molecule has 25 heavy (non-hydrogen) atoms. The standard InChI is InChI=1S/C18H24F2N4O/c1-13(12-24-9-7-23(2)8-10-24)21-17-6-4-14-3-5-15(25-18(19)20)11-16(14)22-17/h3-6,11,13,18H,7-10,12H2,1-2H3,(H,21,22). The molecule has 0 aliphatic carbocycles. The fourth-order valence-electron chi connectivity index (χ4n) is 3.07. The molecule has 2 heterocycles. The third kappa shape index (κ3) is 4.99. The second-order valence-electron chi connectivity index (χ2n) is 6.58. The van der Waals surface area contributed by atoms with Gasteiger partial charge >= 0.3 is 6.61 Å². The van der Waals surface area contributed by atoms with Crippen LogP contribution < -0.4 is 10.1 Å². The topological polar surface area (TPSA) is 40.6 Å². The molecule has 1 aromatic heterocycles. The Morgan fingerprint density at radius 1 is 1.16 bits per heavy atom. The van der Waals surface area contributed by atoms with E-state index in [1.54, 1.807) is 6.07 Å². The second-order valence-corrected chi connectivity index (χ2v) is 6.58. The molecule has 136 valence electrons. The minimum Gasteiger partial charge on any atom is -0.435 e. The van der Waals surface area contributed by atoms with Gasteiger partial charge in [0.05, 0.1) is 5.52 Å². The summed E-state index contributed by atoms with van der Waals surface area (Å²) in [6, 6.07) is 8.89. The molecule has 0 spiro atoms. The molecular weight excluding hydrogens is 326 g/mol. The Kier molecular flexibility index (Phi) is 5.65. The minimum atomic E-state index is -2.83. The van der Waals surface area contributed by atoms with E-state index in [4.69, 9.17) is 0 Å². The van der Waals surface area contributed by atoms with Crippen LogP contribution in [0.2, 0.25) is 0 Å². The molecule has 1 unspecified atom stereocenters. The number of hydrogen-bond acceptors (Lipinski definition) is 5. The molecule has 1 aliphatic rings. The quantitative estimate of drug-likeness (QED) is 0.868. The van der Waals surface area contributed by atoms with Gasteiger partial charge in [0.25, 0.3) is 0 Å². The third-order valence-corrected chi connectivity index (χ3v) is 4.41. The zero-order valence-electron chi connectivity index (χ0n) is 14.6. The summed E-state index contributed by atoms with van der Waals surface area (Å²) in [5.74, 6) is 0.862. The predicted molar refractivity (Wildman–Crippen MR) is 95.4 cm³/mol. The van der Waals surface area contributed by atoms with E-state index < -0.39 is 6.61 Å². The van der Waals surface area contributed by atoms with Crippen molar-refractivity contribution in [1.29, 1.82) is 0 Å². The molecule has 0 radical (unpaired) electrons. The van der Waals surface area contributed by atoms with Crippen LogP contribution in [0.3, 0.4) is 0 Å². The lowest BCUT2D eigenvalue weighted by Gasteiger charge is -2.34. The zero-order valence-corrected chi connectivity index (χ0v) is 14.6. The third-order valence-electron chi connectivity index (χ3n) is 4.41. The largest absolute Gasteiger partial charge is 0.435 e. The number of alkyl halides is 2. The highest BCUT2D eigenvalue weighted by molar-refractivity contribution is 5.81. The number of rotatable bonds is 6. The first kappa shape index (κ1) is 17.8. The summed E-state index contributed by atoms with van der Waals surface area (Å²) in [4.78, 5) is 9.30. The maximum atomic E-state index is 12.4. The van der Waals surface area contributed by atoms with Crippen molar-refractivity contribution in [1.82, 2.24) is 14.8 Å². The summed E-state index contributed by atoms with van der Waals surface area (Å²) in [5.41, 5.74) is 0.634. The van der Waals surface area contributed by atoms with Gasteiger partial charge in [0.1, 0.15) is 11.6 Å². The van der Waals surface area contributed by atoms with E-state index >= 15 is 0 Å². The molecule has 0 bridgehead atoms. The number of fused-ring (bicyclic) bond motifs is 1. The van der Waals surface area contributed by atoms with Crippen LogP contribution >= 0.6 is 0 Å². The lowest BCUT2D eigenvalue weighted by atomic mass is 10.2. The molecule has 3 rings (SSSR count). The van der Waals surface area contributed by atoms with Crippen LogP contribution in [0.15, 0.2) is 30.3 Å². The van der Waals surface area contributed by atoms with Crippen molar-refractivity contribution in [3.05, 3.63) is 30.3 Å². The number of benzene rings is 1. The van der Waals surface area contributed by atoms with E-state index in [-0.39, 0.29) is 11.8 Å². The lowest BCUT2D eigenvalue weighted by molar-refractivity contribution is -0.0497. The molecule has 2 aromatic rings. The van der Waals surface area contributed by atoms with E-state index in [2.05, 4.69) is 38.8 Å². The van der Waals surface area contributed by atoms with E-state index in [0.717, 1.165) is 43.9 Å². The SMILES string of the molecule is CC(CN1CCN(C)CC1)Nc1ccc2ccc(OC(F)F)cc2n1.